The number of carbonyl (C=O) groups is 1. The minimum Gasteiger partial charge on any atom is -0.397 e. The van der Waals surface area contributed by atoms with Crippen molar-refractivity contribution in [2.75, 3.05) is 31.8 Å². The topological polar surface area (TPSA) is 62.5 Å². The Morgan fingerprint density at radius 1 is 1.19 bits per heavy atom. The molecule has 0 bridgehead atoms. The van der Waals surface area contributed by atoms with Crippen LogP contribution in [0.25, 0.3) is 0 Å². The summed E-state index contributed by atoms with van der Waals surface area (Å²) >= 11 is 0. The molecule has 0 aliphatic carbocycles. The Kier molecular flexibility index (Phi) is 4.42. The summed E-state index contributed by atoms with van der Waals surface area (Å²) in [5.41, 5.74) is 9.11. The van der Waals surface area contributed by atoms with Crippen LogP contribution in [-0.4, -0.2) is 36.9 Å². The van der Waals surface area contributed by atoms with Crippen LogP contribution in [-0.2, 0) is 6.54 Å². The van der Waals surface area contributed by atoms with E-state index in [9.17, 15) is 4.79 Å². The number of rotatable bonds is 4. The number of amides is 1. The first-order valence-electron chi connectivity index (χ1n) is 6.71. The lowest BCUT2D eigenvalue weighted by Gasteiger charge is -2.21. The SMILES string of the molecule is CN(C)C(=O)c1ccc(N(C)Cc2ccccn2)c(N)c1. The molecule has 1 aromatic heterocycles. The Morgan fingerprint density at radius 3 is 2.52 bits per heavy atom. The Labute approximate surface area is 125 Å². The average Bonchev–Trinajstić information content (AvgIpc) is 2.47. The summed E-state index contributed by atoms with van der Waals surface area (Å²) in [6.07, 6.45) is 1.77. The third-order valence-corrected chi connectivity index (χ3v) is 3.22. The van der Waals surface area contributed by atoms with Crippen LogP contribution in [0.15, 0.2) is 42.6 Å². The highest BCUT2D eigenvalue weighted by Crippen LogP contribution is 2.24. The molecule has 0 unspecified atom stereocenters. The van der Waals surface area contributed by atoms with E-state index in [2.05, 4.69) is 4.98 Å². The van der Waals surface area contributed by atoms with Gasteiger partial charge in [-0.2, -0.15) is 0 Å². The van der Waals surface area contributed by atoms with Gasteiger partial charge in [0.05, 0.1) is 23.6 Å². The molecule has 2 aromatic rings. The molecule has 0 saturated carbocycles. The minimum absolute atomic E-state index is 0.0550. The third-order valence-electron chi connectivity index (χ3n) is 3.22. The second kappa shape index (κ2) is 6.26. The number of aromatic nitrogens is 1. The molecule has 1 heterocycles. The van der Waals surface area contributed by atoms with Crippen molar-refractivity contribution in [2.45, 2.75) is 6.54 Å². The van der Waals surface area contributed by atoms with Gasteiger partial charge in [0.25, 0.3) is 5.91 Å². The maximum absolute atomic E-state index is 11.9. The molecule has 0 radical (unpaired) electrons. The summed E-state index contributed by atoms with van der Waals surface area (Å²) in [6.45, 7) is 0.659. The van der Waals surface area contributed by atoms with E-state index in [0.717, 1.165) is 11.4 Å². The highest BCUT2D eigenvalue weighted by molar-refractivity contribution is 5.95. The summed E-state index contributed by atoms with van der Waals surface area (Å²) in [6, 6.07) is 11.2. The van der Waals surface area contributed by atoms with Crippen molar-refractivity contribution in [2.24, 2.45) is 0 Å². The van der Waals surface area contributed by atoms with Crippen molar-refractivity contribution in [1.29, 1.82) is 0 Å². The fourth-order valence-corrected chi connectivity index (χ4v) is 2.11. The highest BCUT2D eigenvalue weighted by Gasteiger charge is 2.12. The Balaban J connectivity index is 2.19. The summed E-state index contributed by atoms with van der Waals surface area (Å²) in [5.74, 6) is -0.0550. The number of pyridine rings is 1. The standard InChI is InChI=1S/C16H20N4O/c1-19(2)16(21)12-7-8-15(14(17)10-12)20(3)11-13-6-4-5-9-18-13/h4-10H,11,17H2,1-3H3. The van der Waals surface area contributed by atoms with Gasteiger partial charge in [-0.15, -0.1) is 0 Å². The molecular weight excluding hydrogens is 264 g/mol. The van der Waals surface area contributed by atoms with Crippen LogP contribution in [0.4, 0.5) is 11.4 Å². The molecule has 0 aliphatic rings. The molecule has 0 saturated heterocycles. The zero-order valence-corrected chi connectivity index (χ0v) is 12.6. The number of hydrogen-bond acceptors (Lipinski definition) is 4. The van der Waals surface area contributed by atoms with Gasteiger partial charge in [-0.05, 0) is 30.3 Å². The fraction of sp³-hybridized carbons (Fsp3) is 0.250. The second-order valence-corrected chi connectivity index (χ2v) is 5.15. The van der Waals surface area contributed by atoms with Crippen molar-refractivity contribution in [3.8, 4) is 0 Å². The van der Waals surface area contributed by atoms with E-state index in [1.807, 2.05) is 36.2 Å². The quantitative estimate of drug-likeness (QED) is 0.872. The number of nitrogens with two attached hydrogens (primary N) is 1. The lowest BCUT2D eigenvalue weighted by molar-refractivity contribution is 0.0827. The number of nitrogens with zero attached hydrogens (tertiary/aromatic N) is 3. The maximum Gasteiger partial charge on any atom is 0.253 e. The van der Waals surface area contributed by atoms with Crippen LogP contribution in [0.1, 0.15) is 16.1 Å². The first-order valence-corrected chi connectivity index (χ1v) is 6.71. The van der Waals surface area contributed by atoms with E-state index in [0.29, 0.717) is 17.8 Å². The zero-order chi connectivity index (χ0) is 15.4. The average molecular weight is 284 g/mol. The Hall–Kier alpha value is -2.56. The van der Waals surface area contributed by atoms with Crippen LogP contribution in [0.5, 0.6) is 0 Å². The largest absolute Gasteiger partial charge is 0.397 e. The van der Waals surface area contributed by atoms with Gasteiger partial charge >= 0.3 is 0 Å². The van der Waals surface area contributed by atoms with Gasteiger partial charge in [-0.1, -0.05) is 6.07 Å². The van der Waals surface area contributed by atoms with E-state index in [4.69, 9.17) is 5.73 Å². The van der Waals surface area contributed by atoms with Crippen molar-refractivity contribution in [3.05, 3.63) is 53.9 Å². The van der Waals surface area contributed by atoms with E-state index in [1.165, 1.54) is 4.90 Å². The van der Waals surface area contributed by atoms with Crippen molar-refractivity contribution in [1.82, 2.24) is 9.88 Å². The number of benzene rings is 1. The molecule has 2 rings (SSSR count). The molecule has 0 atom stereocenters. The summed E-state index contributed by atoms with van der Waals surface area (Å²) in [4.78, 5) is 19.8. The molecule has 0 fully saturated rings. The summed E-state index contributed by atoms with van der Waals surface area (Å²) < 4.78 is 0. The lowest BCUT2D eigenvalue weighted by Crippen LogP contribution is -2.22. The van der Waals surface area contributed by atoms with Gasteiger partial charge in [0.15, 0.2) is 0 Å². The minimum atomic E-state index is -0.0550. The van der Waals surface area contributed by atoms with E-state index >= 15 is 0 Å². The molecule has 5 nitrogen and oxygen atoms in total. The van der Waals surface area contributed by atoms with Crippen LogP contribution in [0, 0.1) is 0 Å². The van der Waals surface area contributed by atoms with Gasteiger partial charge in [-0.25, -0.2) is 0 Å². The molecule has 110 valence electrons. The first kappa shape index (κ1) is 14.8. The summed E-state index contributed by atoms with van der Waals surface area (Å²) in [7, 11) is 5.40. The molecule has 21 heavy (non-hydrogen) atoms. The predicted octanol–water partition coefficient (Wildman–Crippen LogP) is 2.00. The second-order valence-electron chi connectivity index (χ2n) is 5.15. The van der Waals surface area contributed by atoms with Gasteiger partial charge in [0.2, 0.25) is 0 Å². The normalized spacial score (nSPS) is 10.2. The van der Waals surface area contributed by atoms with Crippen molar-refractivity contribution < 1.29 is 4.79 Å². The molecule has 2 N–H and O–H groups in total. The monoisotopic (exact) mass is 284 g/mol. The first-order chi connectivity index (χ1) is 9.99. The maximum atomic E-state index is 11.9. The summed E-state index contributed by atoms with van der Waals surface area (Å²) in [5, 5.41) is 0. The third kappa shape index (κ3) is 3.51. The van der Waals surface area contributed by atoms with Crippen molar-refractivity contribution >= 4 is 17.3 Å². The molecule has 1 aromatic carbocycles. The van der Waals surface area contributed by atoms with Gasteiger partial charge in [0, 0.05) is 32.9 Å². The molecule has 1 amide bonds. The number of nitrogen functional groups attached to an aromatic ring is 1. The predicted molar refractivity (Wildman–Crippen MR) is 85.2 cm³/mol. The van der Waals surface area contributed by atoms with Crippen molar-refractivity contribution in [3.63, 3.8) is 0 Å². The number of anilines is 2. The van der Waals surface area contributed by atoms with Crippen LogP contribution >= 0.6 is 0 Å². The van der Waals surface area contributed by atoms with Gasteiger partial charge in [-0.3, -0.25) is 9.78 Å². The van der Waals surface area contributed by atoms with Crippen LogP contribution in [0.3, 0.4) is 0 Å². The van der Waals surface area contributed by atoms with Gasteiger partial charge in [0.1, 0.15) is 0 Å². The number of carbonyl (C=O) groups excluding carboxylic acids is 1. The molecular formula is C16H20N4O. The smallest absolute Gasteiger partial charge is 0.253 e. The number of hydrogen-bond donors (Lipinski definition) is 1. The van der Waals surface area contributed by atoms with E-state index in [-0.39, 0.29) is 5.91 Å². The molecule has 5 heteroatoms. The lowest BCUT2D eigenvalue weighted by atomic mass is 10.1. The molecule has 0 spiro atoms. The van der Waals surface area contributed by atoms with E-state index < -0.39 is 0 Å². The molecule has 0 aliphatic heterocycles. The Morgan fingerprint density at radius 2 is 1.95 bits per heavy atom. The van der Waals surface area contributed by atoms with Crippen LogP contribution in [0.2, 0.25) is 0 Å². The Bertz CT molecular complexity index is 625. The van der Waals surface area contributed by atoms with E-state index in [1.54, 1.807) is 32.4 Å². The zero-order valence-electron chi connectivity index (χ0n) is 12.6. The highest BCUT2D eigenvalue weighted by atomic mass is 16.2. The van der Waals surface area contributed by atoms with Crippen LogP contribution < -0.4 is 10.6 Å². The van der Waals surface area contributed by atoms with Gasteiger partial charge < -0.3 is 15.5 Å². The fourth-order valence-electron chi connectivity index (χ4n) is 2.11.